The van der Waals surface area contributed by atoms with Crippen LogP contribution in [0.15, 0.2) is 24.3 Å². The van der Waals surface area contributed by atoms with E-state index in [0.29, 0.717) is 12.0 Å². The first-order chi connectivity index (χ1) is 8.53. The van der Waals surface area contributed by atoms with Gasteiger partial charge in [0.15, 0.2) is 0 Å². The molecule has 2 rings (SSSR count). The molecule has 0 aromatic heterocycles. The van der Waals surface area contributed by atoms with Gasteiger partial charge in [-0.15, -0.1) is 0 Å². The lowest BCUT2D eigenvalue weighted by Gasteiger charge is -2.34. The van der Waals surface area contributed by atoms with Crippen LogP contribution in [0.2, 0.25) is 0 Å². The Balaban J connectivity index is 2.12. The van der Waals surface area contributed by atoms with Crippen LogP contribution in [0.4, 0.5) is 0 Å². The van der Waals surface area contributed by atoms with Gasteiger partial charge in [0, 0.05) is 28.8 Å². The lowest BCUT2D eigenvalue weighted by Crippen LogP contribution is -2.40. The Hall–Kier alpha value is -0.670. The molecule has 1 aromatic rings. The third kappa shape index (κ3) is 3.01. The monoisotopic (exact) mass is 265 g/mol. The summed E-state index contributed by atoms with van der Waals surface area (Å²) in [5.74, 6) is 1.55. The smallest absolute Gasteiger partial charge is 0.124 e. The molecular weight excluding hydrogens is 242 g/mol. The topological polar surface area (TPSA) is 21.3 Å². The molecule has 0 amide bonds. The van der Waals surface area contributed by atoms with Crippen molar-refractivity contribution >= 4 is 11.8 Å². The van der Waals surface area contributed by atoms with Crippen LogP contribution in [0, 0.1) is 5.92 Å². The number of hydrogen-bond donors (Lipinski definition) is 1. The van der Waals surface area contributed by atoms with Crippen molar-refractivity contribution in [1.29, 1.82) is 0 Å². The van der Waals surface area contributed by atoms with Gasteiger partial charge < -0.3 is 10.1 Å². The van der Waals surface area contributed by atoms with Crippen molar-refractivity contribution in [2.75, 3.05) is 19.4 Å². The van der Waals surface area contributed by atoms with E-state index in [9.17, 15) is 0 Å². The quantitative estimate of drug-likeness (QED) is 0.900. The molecule has 0 fully saturated rings. The van der Waals surface area contributed by atoms with Crippen LogP contribution in [0.3, 0.4) is 0 Å². The Morgan fingerprint density at radius 3 is 2.83 bits per heavy atom. The third-order valence-corrected chi connectivity index (χ3v) is 4.87. The molecule has 2 unspecified atom stereocenters. The van der Waals surface area contributed by atoms with Gasteiger partial charge in [0.2, 0.25) is 0 Å². The predicted octanol–water partition coefficient (Wildman–Crippen LogP) is 3.49. The van der Waals surface area contributed by atoms with Crippen molar-refractivity contribution in [1.82, 2.24) is 5.32 Å². The van der Waals surface area contributed by atoms with E-state index < -0.39 is 0 Å². The number of nitrogens with one attached hydrogen (secondary N) is 1. The van der Waals surface area contributed by atoms with E-state index in [0.717, 1.165) is 18.9 Å². The lowest BCUT2D eigenvalue weighted by atomic mass is 9.91. The van der Waals surface area contributed by atoms with Crippen molar-refractivity contribution < 1.29 is 4.74 Å². The predicted molar refractivity (Wildman–Crippen MR) is 79.4 cm³/mol. The van der Waals surface area contributed by atoms with Crippen molar-refractivity contribution in [2.45, 2.75) is 31.6 Å². The zero-order valence-electron chi connectivity index (χ0n) is 11.7. The largest absolute Gasteiger partial charge is 0.493 e. The van der Waals surface area contributed by atoms with Gasteiger partial charge in [-0.05, 0) is 26.2 Å². The van der Waals surface area contributed by atoms with Gasteiger partial charge in [-0.3, -0.25) is 0 Å². The summed E-state index contributed by atoms with van der Waals surface area (Å²) in [6.07, 6.45) is 2.17. The maximum atomic E-state index is 5.78. The van der Waals surface area contributed by atoms with Crippen LogP contribution in [0.5, 0.6) is 5.75 Å². The standard InChI is InChI=1S/C15H23NOS/c1-11-9-17-13-8-6-5-7-12(13)14(11)16-10-15(2,3)18-4/h5-8,11,14,16H,9-10H2,1-4H3. The maximum Gasteiger partial charge on any atom is 0.124 e. The van der Waals surface area contributed by atoms with E-state index in [2.05, 4.69) is 50.5 Å². The Morgan fingerprint density at radius 1 is 1.39 bits per heavy atom. The number of fused-ring (bicyclic) bond motifs is 1. The highest BCUT2D eigenvalue weighted by Crippen LogP contribution is 2.35. The zero-order valence-corrected chi connectivity index (χ0v) is 12.5. The normalized spacial score (nSPS) is 23.3. The Morgan fingerprint density at radius 2 is 2.11 bits per heavy atom. The first-order valence-electron chi connectivity index (χ1n) is 6.54. The van der Waals surface area contributed by atoms with Gasteiger partial charge in [0.05, 0.1) is 6.61 Å². The molecule has 2 atom stereocenters. The summed E-state index contributed by atoms with van der Waals surface area (Å²) in [6, 6.07) is 8.78. The van der Waals surface area contributed by atoms with Crippen molar-refractivity contribution in [3.05, 3.63) is 29.8 Å². The molecule has 0 radical (unpaired) electrons. The molecule has 1 aromatic carbocycles. The van der Waals surface area contributed by atoms with Gasteiger partial charge in [0.25, 0.3) is 0 Å². The summed E-state index contributed by atoms with van der Waals surface area (Å²) < 4.78 is 6.05. The molecule has 2 nitrogen and oxygen atoms in total. The molecule has 3 heteroatoms. The highest BCUT2D eigenvalue weighted by atomic mass is 32.2. The maximum absolute atomic E-state index is 5.78. The third-order valence-electron chi connectivity index (χ3n) is 3.63. The molecule has 18 heavy (non-hydrogen) atoms. The van der Waals surface area contributed by atoms with Gasteiger partial charge >= 0.3 is 0 Å². The summed E-state index contributed by atoms with van der Waals surface area (Å²) in [6.45, 7) is 8.62. The Bertz CT molecular complexity index is 405. The fraction of sp³-hybridized carbons (Fsp3) is 0.600. The molecule has 100 valence electrons. The average molecular weight is 265 g/mol. The van der Waals surface area contributed by atoms with Crippen molar-refractivity contribution in [3.63, 3.8) is 0 Å². The van der Waals surface area contributed by atoms with E-state index >= 15 is 0 Å². The molecule has 0 bridgehead atoms. The lowest BCUT2D eigenvalue weighted by molar-refractivity contribution is 0.187. The van der Waals surface area contributed by atoms with E-state index in [4.69, 9.17) is 4.74 Å². The summed E-state index contributed by atoms with van der Waals surface area (Å²) in [7, 11) is 0. The minimum absolute atomic E-state index is 0.271. The first kappa shape index (κ1) is 13.8. The van der Waals surface area contributed by atoms with Crippen molar-refractivity contribution in [3.8, 4) is 5.75 Å². The van der Waals surface area contributed by atoms with Gasteiger partial charge in [-0.2, -0.15) is 11.8 Å². The van der Waals surface area contributed by atoms with Gasteiger partial charge in [0.1, 0.15) is 5.75 Å². The summed E-state index contributed by atoms with van der Waals surface area (Å²) in [4.78, 5) is 0. The minimum Gasteiger partial charge on any atom is -0.493 e. The van der Waals surface area contributed by atoms with E-state index in [1.54, 1.807) is 0 Å². The SMILES string of the molecule is CSC(C)(C)CNC1c2ccccc2OCC1C. The van der Waals surface area contributed by atoms with Crippen LogP contribution in [-0.2, 0) is 0 Å². The van der Waals surface area contributed by atoms with E-state index in [1.807, 2.05) is 17.8 Å². The minimum atomic E-state index is 0.271. The van der Waals surface area contributed by atoms with Crippen LogP contribution in [-0.4, -0.2) is 24.2 Å². The number of hydrogen-bond acceptors (Lipinski definition) is 3. The molecule has 1 N–H and O–H groups in total. The molecule has 0 spiro atoms. The van der Waals surface area contributed by atoms with Crippen LogP contribution in [0.25, 0.3) is 0 Å². The number of ether oxygens (including phenoxy) is 1. The summed E-state index contributed by atoms with van der Waals surface area (Å²) in [5, 5.41) is 3.72. The first-order valence-corrected chi connectivity index (χ1v) is 7.76. The fourth-order valence-corrected chi connectivity index (χ4v) is 2.46. The van der Waals surface area contributed by atoms with Crippen molar-refractivity contribution in [2.24, 2.45) is 5.92 Å². The molecule has 1 aliphatic heterocycles. The second kappa shape index (κ2) is 5.54. The fourth-order valence-electron chi connectivity index (χ4n) is 2.23. The van der Waals surface area contributed by atoms with Crippen LogP contribution >= 0.6 is 11.8 Å². The van der Waals surface area contributed by atoms with Gasteiger partial charge in [-0.25, -0.2) is 0 Å². The highest BCUT2D eigenvalue weighted by molar-refractivity contribution is 7.99. The zero-order chi connectivity index (χ0) is 13.2. The van der Waals surface area contributed by atoms with Crippen LogP contribution < -0.4 is 10.1 Å². The van der Waals surface area contributed by atoms with E-state index in [1.165, 1.54) is 5.56 Å². The second-order valence-electron chi connectivity index (χ2n) is 5.65. The molecule has 0 aliphatic carbocycles. The van der Waals surface area contributed by atoms with E-state index in [-0.39, 0.29) is 4.75 Å². The second-order valence-corrected chi connectivity index (χ2v) is 7.16. The Labute approximate surface area is 114 Å². The number of benzene rings is 1. The number of thioether (sulfide) groups is 1. The molecule has 0 saturated heterocycles. The average Bonchev–Trinajstić information content (AvgIpc) is 2.37. The highest BCUT2D eigenvalue weighted by Gasteiger charge is 2.28. The molecular formula is C15H23NOS. The summed E-state index contributed by atoms with van der Waals surface area (Å²) >= 11 is 1.90. The Kier molecular flexibility index (Phi) is 4.23. The number of para-hydroxylation sites is 1. The van der Waals surface area contributed by atoms with Gasteiger partial charge in [-0.1, -0.05) is 25.1 Å². The molecule has 1 heterocycles. The molecule has 0 saturated carbocycles. The summed E-state index contributed by atoms with van der Waals surface area (Å²) in [5.41, 5.74) is 1.30. The molecule has 1 aliphatic rings. The van der Waals surface area contributed by atoms with Crippen LogP contribution in [0.1, 0.15) is 32.4 Å². The number of rotatable bonds is 4.